The van der Waals surface area contributed by atoms with Gasteiger partial charge in [-0.15, -0.1) is 0 Å². The van der Waals surface area contributed by atoms with E-state index in [1.54, 1.807) is 10.9 Å². The molecule has 2 aromatic heterocycles. The molecule has 1 unspecified atom stereocenters. The van der Waals surface area contributed by atoms with Gasteiger partial charge in [-0.2, -0.15) is 9.97 Å². The predicted molar refractivity (Wildman–Crippen MR) is 79.2 cm³/mol. The van der Waals surface area contributed by atoms with E-state index in [0.717, 1.165) is 0 Å². The molecular formula is C12H16N5O5P. The van der Waals surface area contributed by atoms with Gasteiger partial charge in [0.05, 0.1) is 20.0 Å². The van der Waals surface area contributed by atoms with Crippen molar-refractivity contribution in [3.63, 3.8) is 0 Å². The van der Waals surface area contributed by atoms with Gasteiger partial charge < -0.3 is 24.3 Å². The van der Waals surface area contributed by atoms with Crippen molar-refractivity contribution in [2.75, 3.05) is 19.5 Å². The molecule has 2 aliphatic rings. The number of rotatable bonds is 2. The largest absolute Gasteiger partial charge is 0.479 e. The molecule has 0 amide bonds. The summed E-state index contributed by atoms with van der Waals surface area (Å²) in [5.41, 5.74) is 6.74. The zero-order chi connectivity index (χ0) is 16.1. The second-order valence-electron chi connectivity index (χ2n) is 5.48. The first-order valence-corrected chi connectivity index (χ1v) is 8.34. The number of nitrogens with two attached hydrogens (primary N) is 1. The number of nitrogens with zero attached hydrogens (tertiary/aromatic N) is 4. The standard InChI is InChI=1S/C12H16N5O5P/c1-5-8-6(3-20-23(18)22-8)21-11(5)17-4-14-7-9(17)15-12(13)16-10(7)19-2/h4-6,8,11,23H,3H2,1-2H3,(H2,13,15,16)/t5-,6+,8-,11+/m0/s1. The summed E-state index contributed by atoms with van der Waals surface area (Å²) in [5.74, 6) is 0.334. The molecule has 10 nitrogen and oxygen atoms in total. The summed E-state index contributed by atoms with van der Waals surface area (Å²) in [6.45, 7) is 2.21. The van der Waals surface area contributed by atoms with Gasteiger partial charge in [0.1, 0.15) is 18.4 Å². The van der Waals surface area contributed by atoms with Gasteiger partial charge in [0.15, 0.2) is 11.2 Å². The van der Waals surface area contributed by atoms with E-state index >= 15 is 0 Å². The third-order valence-electron chi connectivity index (χ3n) is 4.12. The summed E-state index contributed by atoms with van der Waals surface area (Å²) >= 11 is 0. The molecule has 2 saturated heterocycles. The monoisotopic (exact) mass is 341 g/mol. The SMILES string of the molecule is COc1nc(N)nc2c1ncn2[C@@H]1O[C@@H]2CO[PH](=O)O[C@H]2[C@@H]1C. The third-order valence-corrected chi connectivity index (χ3v) is 4.99. The maximum absolute atomic E-state index is 11.5. The summed E-state index contributed by atoms with van der Waals surface area (Å²) in [6.07, 6.45) is 0.643. The maximum atomic E-state index is 11.5. The number of hydrogen-bond donors (Lipinski definition) is 1. The lowest BCUT2D eigenvalue weighted by atomic mass is 10.0. The highest BCUT2D eigenvalue weighted by molar-refractivity contribution is 7.33. The van der Waals surface area contributed by atoms with Crippen molar-refractivity contribution in [2.24, 2.45) is 5.92 Å². The molecule has 0 bridgehead atoms. The second-order valence-corrected chi connectivity index (χ2v) is 6.51. The van der Waals surface area contributed by atoms with Crippen LogP contribution in [0.25, 0.3) is 11.2 Å². The fourth-order valence-corrected chi connectivity index (χ4v) is 4.01. The summed E-state index contributed by atoms with van der Waals surface area (Å²) in [6, 6.07) is 0. The Morgan fingerprint density at radius 2 is 2.30 bits per heavy atom. The highest BCUT2D eigenvalue weighted by Gasteiger charge is 2.47. The van der Waals surface area contributed by atoms with Gasteiger partial charge in [-0.3, -0.25) is 9.13 Å². The first kappa shape index (κ1) is 14.8. The van der Waals surface area contributed by atoms with E-state index in [-0.39, 0.29) is 36.9 Å². The van der Waals surface area contributed by atoms with Crippen molar-refractivity contribution in [1.82, 2.24) is 19.5 Å². The van der Waals surface area contributed by atoms with Crippen molar-refractivity contribution >= 4 is 25.4 Å². The minimum absolute atomic E-state index is 0.0579. The summed E-state index contributed by atoms with van der Waals surface area (Å²) in [5, 5.41) is 0. The Morgan fingerprint density at radius 3 is 3.09 bits per heavy atom. The highest BCUT2D eigenvalue weighted by atomic mass is 31.1. The van der Waals surface area contributed by atoms with E-state index in [9.17, 15) is 4.57 Å². The van der Waals surface area contributed by atoms with E-state index < -0.39 is 8.25 Å². The van der Waals surface area contributed by atoms with Crippen LogP contribution in [0.4, 0.5) is 5.95 Å². The van der Waals surface area contributed by atoms with E-state index in [0.29, 0.717) is 17.0 Å². The van der Waals surface area contributed by atoms with Crippen LogP contribution in [0.3, 0.4) is 0 Å². The van der Waals surface area contributed by atoms with Crippen LogP contribution in [0.15, 0.2) is 6.33 Å². The lowest BCUT2D eigenvalue weighted by molar-refractivity contribution is -0.0529. The Hall–Kier alpha value is -1.74. The van der Waals surface area contributed by atoms with Gasteiger partial charge >= 0.3 is 8.25 Å². The molecule has 5 atom stereocenters. The van der Waals surface area contributed by atoms with Gasteiger partial charge in [-0.05, 0) is 0 Å². The topological polar surface area (TPSA) is 124 Å². The average Bonchev–Trinajstić information content (AvgIpc) is 3.08. The molecule has 2 aromatic rings. The first-order valence-electron chi connectivity index (χ1n) is 7.11. The van der Waals surface area contributed by atoms with E-state index in [2.05, 4.69) is 15.0 Å². The molecule has 0 saturated carbocycles. The molecule has 0 aromatic carbocycles. The van der Waals surface area contributed by atoms with Crippen molar-refractivity contribution in [3.05, 3.63) is 6.33 Å². The number of anilines is 1. The number of imidazole rings is 1. The zero-order valence-corrected chi connectivity index (χ0v) is 13.5. The fourth-order valence-electron chi connectivity index (χ4n) is 3.05. The van der Waals surface area contributed by atoms with Crippen LogP contribution in [0.1, 0.15) is 13.2 Å². The smallest absolute Gasteiger partial charge is 0.319 e. The minimum Gasteiger partial charge on any atom is -0.479 e. The molecule has 2 N–H and O–H groups in total. The fraction of sp³-hybridized carbons (Fsp3) is 0.583. The Kier molecular flexibility index (Phi) is 3.49. The number of fused-ring (bicyclic) bond motifs is 2. The normalized spacial score (nSPS) is 33.7. The summed E-state index contributed by atoms with van der Waals surface area (Å²) < 4.78 is 34.9. The highest BCUT2D eigenvalue weighted by Crippen LogP contribution is 2.46. The Balaban J connectivity index is 1.75. The molecule has 23 heavy (non-hydrogen) atoms. The molecule has 4 heterocycles. The Bertz CT molecular complexity index is 783. The van der Waals surface area contributed by atoms with E-state index in [4.69, 9.17) is 24.3 Å². The molecule has 2 fully saturated rings. The van der Waals surface area contributed by atoms with E-state index in [1.807, 2.05) is 6.92 Å². The predicted octanol–water partition coefficient (Wildman–Crippen LogP) is 0.756. The second kappa shape index (κ2) is 5.41. The summed E-state index contributed by atoms with van der Waals surface area (Å²) in [4.78, 5) is 12.5. The Morgan fingerprint density at radius 1 is 1.48 bits per heavy atom. The van der Waals surface area contributed by atoms with Crippen LogP contribution in [-0.4, -0.2) is 45.4 Å². The lowest BCUT2D eigenvalue weighted by Crippen LogP contribution is -2.33. The van der Waals surface area contributed by atoms with Gasteiger partial charge in [-0.25, -0.2) is 4.98 Å². The van der Waals surface area contributed by atoms with Crippen LogP contribution >= 0.6 is 8.25 Å². The third kappa shape index (κ3) is 2.29. The lowest BCUT2D eigenvalue weighted by Gasteiger charge is -2.25. The molecule has 2 aliphatic heterocycles. The van der Waals surface area contributed by atoms with Crippen molar-refractivity contribution in [2.45, 2.75) is 25.4 Å². The van der Waals surface area contributed by atoms with Crippen molar-refractivity contribution < 1.29 is 23.1 Å². The molecule has 11 heteroatoms. The molecule has 0 spiro atoms. The molecule has 4 rings (SSSR count). The number of hydrogen-bond acceptors (Lipinski definition) is 9. The molecular weight excluding hydrogens is 325 g/mol. The number of aromatic nitrogens is 4. The molecule has 0 aliphatic carbocycles. The van der Waals surface area contributed by atoms with Gasteiger partial charge in [0.2, 0.25) is 11.8 Å². The minimum atomic E-state index is -2.45. The van der Waals surface area contributed by atoms with E-state index in [1.165, 1.54) is 7.11 Å². The van der Waals surface area contributed by atoms with Gasteiger partial charge in [0.25, 0.3) is 0 Å². The van der Waals surface area contributed by atoms with Crippen molar-refractivity contribution in [3.8, 4) is 5.88 Å². The number of methoxy groups -OCH3 is 1. The number of nitrogen functional groups attached to an aromatic ring is 1. The maximum Gasteiger partial charge on any atom is 0.319 e. The van der Waals surface area contributed by atoms with Crippen LogP contribution in [0.2, 0.25) is 0 Å². The van der Waals surface area contributed by atoms with Crippen LogP contribution in [0.5, 0.6) is 5.88 Å². The quantitative estimate of drug-likeness (QED) is 0.788. The Labute approximate surface area is 131 Å². The van der Waals surface area contributed by atoms with Crippen molar-refractivity contribution in [1.29, 1.82) is 0 Å². The number of ether oxygens (including phenoxy) is 2. The van der Waals surface area contributed by atoms with Crippen LogP contribution in [0, 0.1) is 5.92 Å². The molecule has 124 valence electrons. The van der Waals surface area contributed by atoms with Gasteiger partial charge in [-0.1, -0.05) is 6.92 Å². The van der Waals surface area contributed by atoms with Gasteiger partial charge in [0, 0.05) is 5.92 Å². The summed E-state index contributed by atoms with van der Waals surface area (Å²) in [7, 11) is -0.957. The zero-order valence-electron chi connectivity index (χ0n) is 12.5. The van der Waals surface area contributed by atoms with Crippen LogP contribution in [-0.2, 0) is 18.3 Å². The van der Waals surface area contributed by atoms with Crippen LogP contribution < -0.4 is 10.5 Å². The average molecular weight is 341 g/mol. The first-order chi connectivity index (χ1) is 11.1. The molecule has 0 radical (unpaired) electrons.